The normalized spacial score (nSPS) is 18.4. The van der Waals surface area contributed by atoms with Crippen LogP contribution in [0.5, 0.6) is 11.5 Å². The lowest BCUT2D eigenvalue weighted by atomic mass is 9.99. The minimum absolute atomic E-state index is 0.0955. The van der Waals surface area contributed by atoms with Crippen molar-refractivity contribution >= 4 is 13.6 Å². The Bertz CT molecular complexity index is 854. The third-order valence-corrected chi connectivity index (χ3v) is 6.06. The van der Waals surface area contributed by atoms with Crippen LogP contribution in [-0.2, 0) is 4.57 Å². The third-order valence-electron chi connectivity index (χ3n) is 4.70. The van der Waals surface area contributed by atoms with Gasteiger partial charge in [-0.15, -0.1) is 4.76 Å². The van der Waals surface area contributed by atoms with Gasteiger partial charge in [-0.2, -0.15) is 0 Å². The van der Waals surface area contributed by atoms with Gasteiger partial charge in [0.2, 0.25) is 0 Å². The second-order valence-corrected chi connectivity index (χ2v) is 8.48. The van der Waals surface area contributed by atoms with Crippen LogP contribution in [0, 0.1) is 0 Å². The van der Waals surface area contributed by atoms with Crippen molar-refractivity contribution in [2.24, 2.45) is 4.76 Å². The number of benzene rings is 2. The van der Waals surface area contributed by atoms with Crippen LogP contribution in [0.2, 0.25) is 0 Å². The molecule has 7 heteroatoms. The van der Waals surface area contributed by atoms with Gasteiger partial charge in [-0.25, -0.2) is 4.57 Å². The van der Waals surface area contributed by atoms with Gasteiger partial charge in [-0.05, 0) is 44.0 Å². The zero-order valence-corrected chi connectivity index (χ0v) is 17.7. The fourth-order valence-electron chi connectivity index (χ4n) is 3.09. The smallest absolute Gasteiger partial charge is 0.399 e. The van der Waals surface area contributed by atoms with Gasteiger partial charge >= 0.3 is 7.75 Å². The molecule has 0 bridgehead atoms. The highest BCUT2D eigenvalue weighted by Crippen LogP contribution is 2.50. The van der Waals surface area contributed by atoms with Gasteiger partial charge in [0, 0.05) is 26.1 Å². The molecule has 6 nitrogen and oxygen atoms in total. The van der Waals surface area contributed by atoms with Crippen LogP contribution in [0.3, 0.4) is 0 Å². The summed E-state index contributed by atoms with van der Waals surface area (Å²) in [7, 11) is -1.96. The Kier molecular flexibility index (Phi) is 7.13. The molecule has 29 heavy (non-hydrogen) atoms. The SMILES string of the molecule is CC1C=C(CCCO)C/C(=N/P(=O)(Oc2ccccc2)Oc2ccccc2)N1C. The largest absolute Gasteiger partial charge is 0.564 e. The summed E-state index contributed by atoms with van der Waals surface area (Å²) >= 11 is 0. The van der Waals surface area contributed by atoms with Crippen molar-refractivity contribution in [3.63, 3.8) is 0 Å². The van der Waals surface area contributed by atoms with Crippen molar-refractivity contribution < 1.29 is 18.7 Å². The van der Waals surface area contributed by atoms with Crippen LogP contribution in [0.4, 0.5) is 0 Å². The summed E-state index contributed by atoms with van der Waals surface area (Å²) in [6, 6.07) is 17.9. The lowest BCUT2D eigenvalue weighted by Crippen LogP contribution is -2.37. The van der Waals surface area contributed by atoms with Crippen LogP contribution in [-0.4, -0.2) is 35.5 Å². The summed E-state index contributed by atoms with van der Waals surface area (Å²) < 4.78 is 29.7. The van der Waals surface area contributed by atoms with E-state index in [1.807, 2.05) is 24.1 Å². The van der Waals surface area contributed by atoms with Crippen molar-refractivity contribution in [1.82, 2.24) is 4.90 Å². The number of hydrogen-bond acceptors (Lipinski definition) is 4. The van der Waals surface area contributed by atoms with Crippen LogP contribution in [0.25, 0.3) is 0 Å². The number of aliphatic hydroxyl groups excluding tert-OH is 1. The molecular formula is C22H27N2O4P. The number of para-hydroxylation sites is 2. The molecule has 0 spiro atoms. The lowest BCUT2D eigenvalue weighted by Gasteiger charge is -2.32. The van der Waals surface area contributed by atoms with Crippen LogP contribution < -0.4 is 9.05 Å². The predicted octanol–water partition coefficient (Wildman–Crippen LogP) is 5.07. The molecule has 0 fully saturated rings. The molecule has 0 saturated carbocycles. The van der Waals surface area contributed by atoms with E-state index in [1.54, 1.807) is 48.5 Å². The molecule has 0 radical (unpaired) electrons. The number of nitrogens with zero attached hydrogens (tertiary/aromatic N) is 2. The molecule has 1 N–H and O–H groups in total. The quantitative estimate of drug-likeness (QED) is 0.482. The van der Waals surface area contributed by atoms with E-state index in [0.717, 1.165) is 12.0 Å². The average molecular weight is 414 g/mol. The van der Waals surface area contributed by atoms with Gasteiger partial charge in [0.15, 0.2) is 0 Å². The minimum Gasteiger partial charge on any atom is -0.399 e. The highest BCUT2D eigenvalue weighted by molar-refractivity contribution is 7.53. The fourth-order valence-corrected chi connectivity index (χ4v) is 4.48. The predicted molar refractivity (Wildman–Crippen MR) is 115 cm³/mol. The second kappa shape index (κ2) is 9.77. The first-order valence-electron chi connectivity index (χ1n) is 9.71. The molecule has 2 aromatic carbocycles. The molecule has 1 aliphatic heterocycles. The fraction of sp³-hybridized carbons (Fsp3) is 0.318. The zero-order chi connectivity index (χ0) is 20.7. The highest BCUT2D eigenvalue weighted by atomic mass is 31.2. The molecule has 2 aromatic rings. The standard InChI is InChI=1S/C22H27N2O4P/c1-18-16-19(10-9-15-25)17-22(24(18)2)23-29(26,27-20-11-5-3-6-12-20)28-21-13-7-4-8-14-21/h3-8,11-14,16,18,25H,9-10,15,17H2,1-2H3/b23-22-. The molecule has 0 amide bonds. The van der Waals surface area contributed by atoms with Crippen molar-refractivity contribution in [2.75, 3.05) is 13.7 Å². The topological polar surface area (TPSA) is 71.4 Å². The third kappa shape index (κ3) is 5.96. The molecule has 1 unspecified atom stereocenters. The molecule has 0 saturated heterocycles. The van der Waals surface area contributed by atoms with Gasteiger partial charge < -0.3 is 19.1 Å². The Labute approximate surface area is 172 Å². The second-order valence-electron chi connectivity index (χ2n) is 6.97. The number of rotatable bonds is 8. The van der Waals surface area contributed by atoms with Crippen LogP contribution >= 0.6 is 7.75 Å². The summed E-state index contributed by atoms with van der Waals surface area (Å²) in [4.78, 5) is 1.97. The molecule has 1 atom stereocenters. The van der Waals surface area contributed by atoms with Gasteiger partial charge in [0.05, 0.1) is 0 Å². The Morgan fingerprint density at radius 3 is 2.14 bits per heavy atom. The van der Waals surface area contributed by atoms with Crippen molar-refractivity contribution in [3.05, 3.63) is 72.3 Å². The number of amidine groups is 1. The number of hydrogen-bond donors (Lipinski definition) is 1. The van der Waals surface area contributed by atoms with Crippen molar-refractivity contribution in [3.8, 4) is 11.5 Å². The average Bonchev–Trinajstić information content (AvgIpc) is 2.71. The minimum atomic E-state index is -3.88. The maximum Gasteiger partial charge on any atom is 0.564 e. The molecule has 1 aliphatic rings. The number of aliphatic hydroxyl groups is 1. The van der Waals surface area contributed by atoms with Gasteiger partial charge in [-0.1, -0.05) is 48.0 Å². The Balaban J connectivity index is 1.92. The molecule has 154 valence electrons. The van der Waals surface area contributed by atoms with Crippen LogP contribution in [0.15, 0.2) is 77.1 Å². The van der Waals surface area contributed by atoms with E-state index in [2.05, 4.69) is 17.8 Å². The van der Waals surface area contributed by atoms with E-state index in [1.165, 1.54) is 0 Å². The lowest BCUT2D eigenvalue weighted by molar-refractivity contribution is 0.287. The molecular weight excluding hydrogens is 387 g/mol. The Morgan fingerprint density at radius 1 is 1.07 bits per heavy atom. The van der Waals surface area contributed by atoms with Crippen molar-refractivity contribution in [2.45, 2.75) is 32.2 Å². The monoisotopic (exact) mass is 414 g/mol. The van der Waals surface area contributed by atoms with E-state index in [9.17, 15) is 4.57 Å². The molecule has 1 heterocycles. The maximum atomic E-state index is 13.7. The van der Waals surface area contributed by atoms with E-state index < -0.39 is 7.75 Å². The summed E-state index contributed by atoms with van der Waals surface area (Å²) in [6.45, 7) is 2.19. The summed E-state index contributed by atoms with van der Waals surface area (Å²) in [5, 5.41) is 9.14. The zero-order valence-electron chi connectivity index (χ0n) is 16.8. The molecule has 0 aliphatic carbocycles. The molecule has 0 aromatic heterocycles. The van der Waals surface area contributed by atoms with E-state index in [0.29, 0.717) is 30.2 Å². The first kappa shape index (κ1) is 21.2. The number of likely N-dealkylation sites (N-methyl/N-ethyl adjacent to an activating group) is 1. The van der Waals surface area contributed by atoms with Gasteiger partial charge in [-0.3, -0.25) is 0 Å². The molecule has 3 rings (SSSR count). The Morgan fingerprint density at radius 2 is 1.62 bits per heavy atom. The van der Waals surface area contributed by atoms with E-state index in [4.69, 9.17) is 14.2 Å². The first-order chi connectivity index (χ1) is 14.0. The van der Waals surface area contributed by atoms with Gasteiger partial charge in [0.1, 0.15) is 17.3 Å². The maximum absolute atomic E-state index is 13.7. The van der Waals surface area contributed by atoms with E-state index in [-0.39, 0.29) is 12.6 Å². The van der Waals surface area contributed by atoms with Gasteiger partial charge in [0.25, 0.3) is 0 Å². The summed E-state index contributed by atoms with van der Waals surface area (Å²) in [5.74, 6) is 1.50. The summed E-state index contributed by atoms with van der Waals surface area (Å²) in [6.07, 6.45) is 4.17. The Hall–Kier alpha value is -2.56. The highest BCUT2D eigenvalue weighted by Gasteiger charge is 2.32. The van der Waals surface area contributed by atoms with Crippen molar-refractivity contribution in [1.29, 1.82) is 0 Å². The van der Waals surface area contributed by atoms with Crippen LogP contribution in [0.1, 0.15) is 26.2 Å². The first-order valence-corrected chi connectivity index (χ1v) is 11.2. The van der Waals surface area contributed by atoms with E-state index >= 15 is 0 Å². The summed E-state index contributed by atoms with van der Waals surface area (Å²) in [5.41, 5.74) is 1.16.